The number of esters is 1. The second-order valence-electron chi connectivity index (χ2n) is 5.50. The number of methoxy groups -OCH3 is 4. The third-order valence-corrected chi connectivity index (χ3v) is 3.91. The van der Waals surface area contributed by atoms with Crippen molar-refractivity contribution in [3.63, 3.8) is 0 Å². The Morgan fingerprint density at radius 2 is 1.39 bits per heavy atom. The van der Waals surface area contributed by atoms with E-state index < -0.39 is 11.9 Å². The van der Waals surface area contributed by atoms with E-state index in [4.69, 9.17) is 23.7 Å². The quantitative estimate of drug-likeness (QED) is 0.693. The number of ether oxygens (including phenoxy) is 5. The van der Waals surface area contributed by atoms with Gasteiger partial charge in [-0.1, -0.05) is 0 Å². The predicted octanol–water partition coefficient (Wildman–Crippen LogP) is 3.15. The summed E-state index contributed by atoms with van der Waals surface area (Å²) in [4.78, 5) is 25.1. The van der Waals surface area contributed by atoms with Crippen LogP contribution in [0.5, 0.6) is 23.0 Å². The van der Waals surface area contributed by atoms with Crippen molar-refractivity contribution < 1.29 is 33.3 Å². The van der Waals surface area contributed by atoms with Crippen LogP contribution in [-0.4, -0.2) is 46.9 Å². The molecule has 0 bridgehead atoms. The molecule has 0 aromatic heterocycles. The third kappa shape index (κ3) is 4.46. The highest BCUT2D eigenvalue weighted by atomic mass is 16.5. The van der Waals surface area contributed by atoms with E-state index in [-0.39, 0.29) is 17.9 Å². The van der Waals surface area contributed by atoms with Crippen LogP contribution < -0.4 is 24.3 Å². The number of rotatable bonds is 8. The van der Waals surface area contributed by atoms with Crippen molar-refractivity contribution in [1.82, 2.24) is 0 Å². The average Bonchev–Trinajstić information content (AvgIpc) is 2.72. The Bertz CT molecular complexity index is 864. The molecule has 0 spiro atoms. The Kier molecular flexibility index (Phi) is 7.08. The van der Waals surface area contributed by atoms with Gasteiger partial charge in [-0.3, -0.25) is 4.79 Å². The molecule has 0 aliphatic rings. The van der Waals surface area contributed by atoms with E-state index in [1.54, 1.807) is 25.1 Å². The van der Waals surface area contributed by atoms with Crippen LogP contribution in [0.3, 0.4) is 0 Å². The molecule has 2 aromatic carbocycles. The molecule has 8 heteroatoms. The lowest BCUT2D eigenvalue weighted by Gasteiger charge is -2.15. The van der Waals surface area contributed by atoms with Gasteiger partial charge in [-0.2, -0.15) is 0 Å². The topological polar surface area (TPSA) is 92.3 Å². The molecular weight excluding hydrogens is 366 g/mol. The maximum Gasteiger partial charge on any atom is 0.340 e. The van der Waals surface area contributed by atoms with Crippen LogP contribution in [0.4, 0.5) is 5.69 Å². The van der Waals surface area contributed by atoms with Gasteiger partial charge in [0.25, 0.3) is 5.91 Å². The summed E-state index contributed by atoms with van der Waals surface area (Å²) in [5, 5.41) is 2.71. The molecule has 0 unspecified atom stereocenters. The van der Waals surface area contributed by atoms with Crippen molar-refractivity contribution in [2.45, 2.75) is 6.92 Å². The highest BCUT2D eigenvalue weighted by molar-refractivity contribution is 6.08. The number of anilines is 1. The number of hydrogen-bond donors (Lipinski definition) is 1. The molecule has 28 heavy (non-hydrogen) atoms. The molecule has 0 aliphatic heterocycles. The Labute approximate surface area is 163 Å². The average molecular weight is 389 g/mol. The fourth-order valence-electron chi connectivity index (χ4n) is 2.53. The van der Waals surface area contributed by atoms with Gasteiger partial charge in [0, 0.05) is 17.7 Å². The van der Waals surface area contributed by atoms with Crippen LogP contribution in [0, 0.1) is 0 Å². The van der Waals surface area contributed by atoms with E-state index in [1.807, 2.05) is 0 Å². The number of benzene rings is 2. The van der Waals surface area contributed by atoms with E-state index >= 15 is 0 Å². The lowest BCUT2D eigenvalue weighted by Crippen LogP contribution is -2.16. The van der Waals surface area contributed by atoms with Crippen molar-refractivity contribution in [3.8, 4) is 23.0 Å². The van der Waals surface area contributed by atoms with Gasteiger partial charge < -0.3 is 29.0 Å². The molecule has 0 saturated heterocycles. The normalized spacial score (nSPS) is 10.0. The zero-order chi connectivity index (χ0) is 20.7. The van der Waals surface area contributed by atoms with Crippen LogP contribution >= 0.6 is 0 Å². The Morgan fingerprint density at radius 3 is 1.96 bits per heavy atom. The second kappa shape index (κ2) is 9.50. The minimum Gasteiger partial charge on any atom is -0.493 e. The first-order valence-corrected chi connectivity index (χ1v) is 8.45. The van der Waals surface area contributed by atoms with Gasteiger partial charge in [0.2, 0.25) is 0 Å². The molecule has 1 amide bonds. The molecule has 1 N–H and O–H groups in total. The van der Waals surface area contributed by atoms with Gasteiger partial charge in [-0.25, -0.2) is 4.79 Å². The molecule has 2 aromatic rings. The lowest BCUT2D eigenvalue weighted by atomic mass is 10.1. The first kappa shape index (κ1) is 20.9. The van der Waals surface area contributed by atoms with E-state index in [2.05, 4.69) is 5.32 Å². The standard InChI is InChI=1S/C20H23NO7/c1-6-28-20(23)13-10-17(26-4)18(27-5)11-14(13)21-19(22)12-7-8-15(24-2)16(9-12)25-3/h7-11H,6H2,1-5H3,(H,21,22). The molecule has 0 saturated carbocycles. The number of carbonyl (C=O) groups excluding carboxylic acids is 2. The summed E-state index contributed by atoms with van der Waals surface area (Å²) in [6.07, 6.45) is 0. The summed E-state index contributed by atoms with van der Waals surface area (Å²) >= 11 is 0. The Morgan fingerprint density at radius 1 is 0.821 bits per heavy atom. The summed E-state index contributed by atoms with van der Waals surface area (Å²) in [5.41, 5.74) is 0.700. The lowest BCUT2D eigenvalue weighted by molar-refractivity contribution is 0.0527. The fourth-order valence-corrected chi connectivity index (χ4v) is 2.53. The smallest absolute Gasteiger partial charge is 0.340 e. The van der Waals surface area contributed by atoms with Crippen LogP contribution in [0.1, 0.15) is 27.6 Å². The fraction of sp³-hybridized carbons (Fsp3) is 0.300. The highest BCUT2D eigenvalue weighted by Crippen LogP contribution is 2.34. The number of nitrogens with one attached hydrogen (secondary N) is 1. The number of carbonyl (C=O) groups is 2. The zero-order valence-corrected chi connectivity index (χ0v) is 16.5. The highest BCUT2D eigenvalue weighted by Gasteiger charge is 2.20. The molecule has 0 atom stereocenters. The van der Waals surface area contributed by atoms with Gasteiger partial charge >= 0.3 is 5.97 Å². The van der Waals surface area contributed by atoms with E-state index in [9.17, 15) is 9.59 Å². The molecule has 150 valence electrons. The second-order valence-corrected chi connectivity index (χ2v) is 5.50. The van der Waals surface area contributed by atoms with Gasteiger partial charge in [0.05, 0.1) is 46.3 Å². The zero-order valence-electron chi connectivity index (χ0n) is 16.5. The maximum atomic E-state index is 12.7. The van der Waals surface area contributed by atoms with Crippen LogP contribution in [0.25, 0.3) is 0 Å². The Balaban J connectivity index is 2.43. The van der Waals surface area contributed by atoms with Crippen molar-refractivity contribution in [2.24, 2.45) is 0 Å². The molecular formula is C20H23NO7. The SMILES string of the molecule is CCOC(=O)c1cc(OC)c(OC)cc1NC(=O)c1ccc(OC)c(OC)c1. The predicted molar refractivity (Wildman–Crippen MR) is 103 cm³/mol. The van der Waals surface area contributed by atoms with Gasteiger partial charge in [0.15, 0.2) is 23.0 Å². The van der Waals surface area contributed by atoms with Gasteiger partial charge in [0.1, 0.15) is 0 Å². The van der Waals surface area contributed by atoms with Crippen LogP contribution in [0.2, 0.25) is 0 Å². The Hall–Kier alpha value is -3.42. The minimum absolute atomic E-state index is 0.147. The first-order valence-electron chi connectivity index (χ1n) is 8.45. The molecule has 0 aliphatic carbocycles. The third-order valence-electron chi connectivity index (χ3n) is 3.91. The summed E-state index contributed by atoms with van der Waals surface area (Å²) in [6.45, 7) is 1.89. The number of amides is 1. The van der Waals surface area contributed by atoms with Crippen molar-refractivity contribution in [3.05, 3.63) is 41.5 Å². The van der Waals surface area contributed by atoms with Crippen molar-refractivity contribution >= 4 is 17.6 Å². The summed E-state index contributed by atoms with van der Waals surface area (Å²) in [5.74, 6) is 0.572. The molecule has 0 radical (unpaired) electrons. The molecule has 0 heterocycles. The minimum atomic E-state index is -0.592. The van der Waals surface area contributed by atoms with Crippen LogP contribution in [0.15, 0.2) is 30.3 Å². The maximum absolute atomic E-state index is 12.7. The first-order chi connectivity index (χ1) is 13.5. The molecule has 0 fully saturated rings. The summed E-state index contributed by atoms with van der Waals surface area (Å²) in [7, 11) is 5.90. The van der Waals surface area contributed by atoms with E-state index in [0.29, 0.717) is 28.6 Å². The summed E-state index contributed by atoms with van der Waals surface area (Å²) in [6, 6.07) is 7.71. The van der Waals surface area contributed by atoms with Gasteiger partial charge in [-0.05, 0) is 25.1 Å². The summed E-state index contributed by atoms with van der Waals surface area (Å²) < 4.78 is 26.0. The number of hydrogen-bond acceptors (Lipinski definition) is 7. The van der Waals surface area contributed by atoms with Crippen LogP contribution in [-0.2, 0) is 4.74 Å². The largest absolute Gasteiger partial charge is 0.493 e. The van der Waals surface area contributed by atoms with E-state index in [1.165, 1.54) is 40.6 Å². The van der Waals surface area contributed by atoms with Gasteiger partial charge in [-0.15, -0.1) is 0 Å². The van der Waals surface area contributed by atoms with Crippen molar-refractivity contribution in [1.29, 1.82) is 0 Å². The van der Waals surface area contributed by atoms with E-state index in [0.717, 1.165) is 0 Å². The monoisotopic (exact) mass is 389 g/mol. The van der Waals surface area contributed by atoms with Crippen molar-refractivity contribution in [2.75, 3.05) is 40.4 Å². The molecule has 8 nitrogen and oxygen atoms in total. The molecule has 2 rings (SSSR count).